The molecule has 0 unspecified atom stereocenters. The van der Waals surface area contributed by atoms with Crippen LogP contribution in [0.1, 0.15) is 11.3 Å². The Kier molecular flexibility index (Phi) is 2.33. The summed E-state index contributed by atoms with van der Waals surface area (Å²) in [7, 11) is 2.00. The van der Waals surface area contributed by atoms with Crippen molar-refractivity contribution in [3.05, 3.63) is 17.5 Å². The van der Waals surface area contributed by atoms with Crippen molar-refractivity contribution in [1.29, 1.82) is 0 Å². The standard InChI is InChI=1S/C9H16N4/c1-12-9-7-13(5-3-10)4-2-8(9)6-11-12/h6H,2-5,7,10H2,1H3. The summed E-state index contributed by atoms with van der Waals surface area (Å²) in [5, 5.41) is 4.25. The lowest BCUT2D eigenvalue weighted by molar-refractivity contribution is 0.254. The molecular weight excluding hydrogens is 164 g/mol. The number of hydrogen-bond donors (Lipinski definition) is 1. The molecule has 2 N–H and O–H groups in total. The van der Waals surface area contributed by atoms with Crippen LogP contribution in [0.2, 0.25) is 0 Å². The quantitative estimate of drug-likeness (QED) is 0.682. The molecule has 72 valence electrons. The van der Waals surface area contributed by atoms with Crippen molar-refractivity contribution < 1.29 is 0 Å². The maximum Gasteiger partial charge on any atom is 0.0553 e. The highest BCUT2D eigenvalue weighted by molar-refractivity contribution is 5.20. The molecule has 0 fully saturated rings. The molecule has 4 nitrogen and oxygen atoms in total. The molecule has 0 saturated carbocycles. The largest absolute Gasteiger partial charge is 0.329 e. The third-order valence-corrected chi connectivity index (χ3v) is 2.66. The molecule has 0 spiro atoms. The van der Waals surface area contributed by atoms with Crippen molar-refractivity contribution in [2.45, 2.75) is 13.0 Å². The molecule has 0 bridgehead atoms. The van der Waals surface area contributed by atoms with Gasteiger partial charge in [0.15, 0.2) is 0 Å². The first-order valence-electron chi connectivity index (χ1n) is 4.73. The van der Waals surface area contributed by atoms with E-state index in [1.807, 2.05) is 17.9 Å². The summed E-state index contributed by atoms with van der Waals surface area (Å²) < 4.78 is 1.97. The van der Waals surface area contributed by atoms with Gasteiger partial charge in [0.05, 0.1) is 11.9 Å². The lowest BCUT2D eigenvalue weighted by atomic mass is 10.1. The lowest BCUT2D eigenvalue weighted by Crippen LogP contribution is -2.35. The number of nitrogens with two attached hydrogens (primary N) is 1. The summed E-state index contributed by atoms with van der Waals surface area (Å²) in [5.41, 5.74) is 8.27. The van der Waals surface area contributed by atoms with Gasteiger partial charge in [-0.2, -0.15) is 5.10 Å². The van der Waals surface area contributed by atoms with Crippen LogP contribution in [0.5, 0.6) is 0 Å². The van der Waals surface area contributed by atoms with Crippen molar-refractivity contribution in [2.24, 2.45) is 12.8 Å². The zero-order chi connectivity index (χ0) is 9.26. The van der Waals surface area contributed by atoms with E-state index in [4.69, 9.17) is 5.73 Å². The molecule has 0 saturated heterocycles. The fraction of sp³-hybridized carbons (Fsp3) is 0.667. The Labute approximate surface area is 78.3 Å². The summed E-state index contributed by atoms with van der Waals surface area (Å²) >= 11 is 0. The fourth-order valence-electron chi connectivity index (χ4n) is 1.86. The Morgan fingerprint density at radius 1 is 1.62 bits per heavy atom. The number of aryl methyl sites for hydroxylation is 1. The van der Waals surface area contributed by atoms with Gasteiger partial charge in [0.25, 0.3) is 0 Å². The molecule has 0 aliphatic carbocycles. The summed E-state index contributed by atoms with van der Waals surface area (Å²) in [6.07, 6.45) is 3.10. The minimum atomic E-state index is 0.743. The van der Waals surface area contributed by atoms with Gasteiger partial charge < -0.3 is 5.73 Å². The van der Waals surface area contributed by atoms with E-state index in [1.165, 1.54) is 11.3 Å². The van der Waals surface area contributed by atoms with Crippen molar-refractivity contribution in [2.75, 3.05) is 19.6 Å². The lowest BCUT2D eigenvalue weighted by Gasteiger charge is -2.26. The topological polar surface area (TPSA) is 47.1 Å². The van der Waals surface area contributed by atoms with Crippen LogP contribution in [0.25, 0.3) is 0 Å². The van der Waals surface area contributed by atoms with Gasteiger partial charge >= 0.3 is 0 Å². The first-order valence-corrected chi connectivity index (χ1v) is 4.73. The molecule has 2 rings (SSSR count). The SMILES string of the molecule is Cn1ncc2c1CN(CCN)CC2. The zero-order valence-corrected chi connectivity index (χ0v) is 8.03. The highest BCUT2D eigenvalue weighted by Gasteiger charge is 2.18. The maximum atomic E-state index is 5.53. The fourth-order valence-corrected chi connectivity index (χ4v) is 1.86. The van der Waals surface area contributed by atoms with Crippen LogP contribution in [0.3, 0.4) is 0 Å². The van der Waals surface area contributed by atoms with Crippen LogP contribution in [-0.2, 0) is 20.0 Å². The molecule has 0 atom stereocenters. The van der Waals surface area contributed by atoms with Crippen LogP contribution < -0.4 is 5.73 Å². The number of nitrogens with zero attached hydrogens (tertiary/aromatic N) is 3. The van der Waals surface area contributed by atoms with E-state index in [0.717, 1.165) is 32.6 Å². The van der Waals surface area contributed by atoms with E-state index in [1.54, 1.807) is 0 Å². The Bertz CT molecular complexity index is 292. The molecule has 1 aromatic rings. The highest BCUT2D eigenvalue weighted by atomic mass is 15.3. The number of hydrogen-bond acceptors (Lipinski definition) is 3. The first-order chi connectivity index (χ1) is 6.31. The monoisotopic (exact) mass is 180 g/mol. The van der Waals surface area contributed by atoms with Gasteiger partial charge in [-0.25, -0.2) is 0 Å². The summed E-state index contributed by atoms with van der Waals surface area (Å²) in [6, 6.07) is 0. The highest BCUT2D eigenvalue weighted by Crippen LogP contribution is 2.16. The molecule has 1 aromatic heterocycles. The molecule has 0 radical (unpaired) electrons. The smallest absolute Gasteiger partial charge is 0.0553 e. The van der Waals surface area contributed by atoms with Gasteiger partial charge in [-0.1, -0.05) is 0 Å². The van der Waals surface area contributed by atoms with Gasteiger partial charge in [-0.05, 0) is 12.0 Å². The minimum absolute atomic E-state index is 0.743. The molecule has 4 heteroatoms. The molecular formula is C9H16N4. The summed E-state index contributed by atoms with van der Waals surface area (Å²) in [4.78, 5) is 2.38. The van der Waals surface area contributed by atoms with Gasteiger partial charge in [0.1, 0.15) is 0 Å². The summed E-state index contributed by atoms with van der Waals surface area (Å²) in [6.45, 7) is 3.86. The molecule has 13 heavy (non-hydrogen) atoms. The van der Waals surface area contributed by atoms with Gasteiger partial charge in [-0.15, -0.1) is 0 Å². The Morgan fingerprint density at radius 3 is 3.23 bits per heavy atom. The molecule has 2 heterocycles. The average Bonchev–Trinajstić information content (AvgIpc) is 2.49. The molecule has 1 aliphatic rings. The van der Waals surface area contributed by atoms with Crippen molar-refractivity contribution >= 4 is 0 Å². The van der Waals surface area contributed by atoms with E-state index in [-0.39, 0.29) is 0 Å². The van der Waals surface area contributed by atoms with E-state index >= 15 is 0 Å². The predicted molar refractivity (Wildman–Crippen MR) is 51.2 cm³/mol. The van der Waals surface area contributed by atoms with Crippen molar-refractivity contribution in [3.63, 3.8) is 0 Å². The minimum Gasteiger partial charge on any atom is -0.329 e. The number of rotatable bonds is 2. The van der Waals surface area contributed by atoms with E-state index in [0.29, 0.717) is 0 Å². The van der Waals surface area contributed by atoms with Crippen LogP contribution >= 0.6 is 0 Å². The van der Waals surface area contributed by atoms with E-state index in [2.05, 4.69) is 10.00 Å². The average molecular weight is 180 g/mol. The first kappa shape index (κ1) is 8.72. The van der Waals surface area contributed by atoms with Crippen LogP contribution in [-0.4, -0.2) is 34.3 Å². The molecule has 0 amide bonds. The Hall–Kier alpha value is -0.870. The van der Waals surface area contributed by atoms with Crippen LogP contribution in [0.4, 0.5) is 0 Å². The normalized spacial score (nSPS) is 17.4. The third-order valence-electron chi connectivity index (χ3n) is 2.66. The van der Waals surface area contributed by atoms with E-state index in [9.17, 15) is 0 Å². The second-order valence-electron chi connectivity index (χ2n) is 3.55. The Morgan fingerprint density at radius 2 is 2.46 bits per heavy atom. The van der Waals surface area contributed by atoms with Crippen molar-refractivity contribution in [1.82, 2.24) is 14.7 Å². The van der Waals surface area contributed by atoms with Crippen LogP contribution in [0.15, 0.2) is 6.20 Å². The van der Waals surface area contributed by atoms with E-state index < -0.39 is 0 Å². The Balaban J connectivity index is 2.13. The third kappa shape index (κ3) is 1.59. The second-order valence-corrected chi connectivity index (χ2v) is 3.55. The van der Waals surface area contributed by atoms with Gasteiger partial charge in [0.2, 0.25) is 0 Å². The van der Waals surface area contributed by atoms with Crippen molar-refractivity contribution in [3.8, 4) is 0 Å². The second kappa shape index (κ2) is 3.47. The predicted octanol–water partition coefficient (Wildman–Crippen LogP) is -0.263. The van der Waals surface area contributed by atoms with Gasteiger partial charge in [-0.3, -0.25) is 9.58 Å². The molecule has 0 aromatic carbocycles. The number of fused-ring (bicyclic) bond motifs is 1. The van der Waals surface area contributed by atoms with Crippen LogP contribution in [0, 0.1) is 0 Å². The number of aromatic nitrogens is 2. The van der Waals surface area contributed by atoms with Gasteiger partial charge in [0, 0.05) is 33.2 Å². The zero-order valence-electron chi connectivity index (χ0n) is 8.03. The summed E-state index contributed by atoms with van der Waals surface area (Å²) in [5.74, 6) is 0. The molecule has 1 aliphatic heterocycles. The maximum absolute atomic E-state index is 5.53.